The summed E-state index contributed by atoms with van der Waals surface area (Å²) in [5.41, 5.74) is 0.847. The smallest absolute Gasteiger partial charge is 0.233 e. The number of benzene rings is 1. The lowest BCUT2D eigenvalue weighted by atomic mass is 10.1. The maximum absolute atomic E-state index is 12.6. The summed E-state index contributed by atoms with van der Waals surface area (Å²) < 4.78 is 5.81. The summed E-state index contributed by atoms with van der Waals surface area (Å²) in [5, 5.41) is 4.37. The van der Waals surface area contributed by atoms with Crippen LogP contribution in [0.5, 0.6) is 0 Å². The monoisotopic (exact) mass is 308 g/mol. The van der Waals surface area contributed by atoms with Gasteiger partial charge in [0.1, 0.15) is 11.3 Å². The largest absolute Gasteiger partial charge is 0.460 e. The molecule has 1 aliphatic rings. The minimum atomic E-state index is -0.222. The molecule has 4 nitrogen and oxygen atoms in total. The van der Waals surface area contributed by atoms with Crippen molar-refractivity contribution >= 4 is 29.3 Å². The quantitative estimate of drug-likeness (QED) is 0.928. The van der Waals surface area contributed by atoms with Gasteiger partial charge in [-0.05, 0) is 32.0 Å². The average molecular weight is 309 g/mol. The van der Waals surface area contributed by atoms with Gasteiger partial charge in [-0.15, -0.1) is 12.4 Å². The third-order valence-corrected chi connectivity index (χ3v) is 3.89. The standard InChI is InChI=1S/C16H20N2O2.ClH/c1-12(16(19)18-9-4-7-17-8-10-18)15-11-13-5-2-3-6-14(13)20-15;/h2-3,5-6,11-12,17H,4,7-10H2,1H3;1H. The number of nitrogens with one attached hydrogen (secondary N) is 1. The minimum Gasteiger partial charge on any atom is -0.460 e. The molecular formula is C16H21ClN2O2. The van der Waals surface area contributed by atoms with Crippen LogP contribution in [0.3, 0.4) is 0 Å². The van der Waals surface area contributed by atoms with Crippen molar-refractivity contribution in [2.24, 2.45) is 0 Å². The Balaban J connectivity index is 0.00000161. The van der Waals surface area contributed by atoms with Gasteiger partial charge in [-0.3, -0.25) is 4.79 Å². The molecule has 3 rings (SSSR count). The number of carbonyl (C=O) groups excluding carboxylic acids is 1. The molecule has 21 heavy (non-hydrogen) atoms. The summed E-state index contributed by atoms with van der Waals surface area (Å²) in [6.07, 6.45) is 1.01. The Morgan fingerprint density at radius 3 is 2.90 bits per heavy atom. The van der Waals surface area contributed by atoms with E-state index in [1.807, 2.05) is 42.2 Å². The van der Waals surface area contributed by atoms with Crippen LogP contribution in [-0.4, -0.2) is 37.0 Å². The zero-order valence-electron chi connectivity index (χ0n) is 12.2. The van der Waals surface area contributed by atoms with Crippen LogP contribution in [-0.2, 0) is 4.79 Å². The van der Waals surface area contributed by atoms with Crippen LogP contribution in [0.15, 0.2) is 34.7 Å². The number of fused-ring (bicyclic) bond motifs is 1. The summed E-state index contributed by atoms with van der Waals surface area (Å²) in [5.74, 6) is 0.696. The molecule has 114 valence electrons. The Morgan fingerprint density at radius 2 is 2.10 bits per heavy atom. The van der Waals surface area contributed by atoms with Crippen molar-refractivity contribution in [3.63, 3.8) is 0 Å². The molecule has 0 aliphatic carbocycles. The van der Waals surface area contributed by atoms with Crippen molar-refractivity contribution in [1.82, 2.24) is 10.2 Å². The van der Waals surface area contributed by atoms with E-state index in [2.05, 4.69) is 5.32 Å². The summed E-state index contributed by atoms with van der Waals surface area (Å²) in [7, 11) is 0. The molecular weight excluding hydrogens is 288 g/mol. The fraction of sp³-hybridized carbons (Fsp3) is 0.438. The molecule has 0 spiro atoms. The van der Waals surface area contributed by atoms with Crippen LogP contribution in [0.1, 0.15) is 25.0 Å². The van der Waals surface area contributed by atoms with Gasteiger partial charge >= 0.3 is 0 Å². The van der Waals surface area contributed by atoms with Gasteiger partial charge in [0.15, 0.2) is 0 Å². The maximum Gasteiger partial charge on any atom is 0.233 e. The summed E-state index contributed by atoms with van der Waals surface area (Å²) in [6.45, 7) is 5.40. The highest BCUT2D eigenvalue weighted by atomic mass is 35.5. The van der Waals surface area contributed by atoms with Gasteiger partial charge < -0.3 is 14.6 Å². The van der Waals surface area contributed by atoms with E-state index < -0.39 is 0 Å². The number of halogens is 1. The molecule has 5 heteroatoms. The number of furan rings is 1. The highest BCUT2D eigenvalue weighted by Crippen LogP contribution is 2.26. The van der Waals surface area contributed by atoms with E-state index in [-0.39, 0.29) is 24.2 Å². The van der Waals surface area contributed by atoms with E-state index in [4.69, 9.17) is 4.42 Å². The van der Waals surface area contributed by atoms with Gasteiger partial charge in [0, 0.05) is 25.0 Å². The van der Waals surface area contributed by atoms with Crippen molar-refractivity contribution in [3.8, 4) is 0 Å². The molecule has 1 atom stereocenters. The van der Waals surface area contributed by atoms with E-state index in [1.54, 1.807) is 0 Å². The predicted molar refractivity (Wildman–Crippen MR) is 85.9 cm³/mol. The molecule has 1 aromatic carbocycles. The lowest BCUT2D eigenvalue weighted by Crippen LogP contribution is -2.36. The lowest BCUT2D eigenvalue weighted by Gasteiger charge is -2.22. The van der Waals surface area contributed by atoms with E-state index in [0.717, 1.165) is 49.3 Å². The first-order valence-corrected chi connectivity index (χ1v) is 7.23. The molecule has 0 bridgehead atoms. The number of carbonyl (C=O) groups is 1. The Hall–Kier alpha value is -1.52. The van der Waals surface area contributed by atoms with Crippen LogP contribution in [0.2, 0.25) is 0 Å². The minimum absolute atomic E-state index is 0. The van der Waals surface area contributed by atoms with Crippen molar-refractivity contribution in [2.75, 3.05) is 26.2 Å². The first kappa shape index (κ1) is 15.9. The van der Waals surface area contributed by atoms with Gasteiger partial charge in [0.2, 0.25) is 5.91 Å². The van der Waals surface area contributed by atoms with Gasteiger partial charge in [-0.2, -0.15) is 0 Å². The van der Waals surface area contributed by atoms with E-state index in [1.165, 1.54) is 0 Å². The SMILES string of the molecule is CC(C(=O)N1CCCNCC1)c1cc2ccccc2o1.Cl. The molecule has 1 amide bonds. The van der Waals surface area contributed by atoms with Crippen molar-refractivity contribution in [2.45, 2.75) is 19.3 Å². The van der Waals surface area contributed by atoms with E-state index in [9.17, 15) is 4.79 Å². The fourth-order valence-corrected chi connectivity index (χ4v) is 2.68. The average Bonchev–Trinajstić information content (AvgIpc) is 2.72. The third-order valence-electron chi connectivity index (χ3n) is 3.89. The summed E-state index contributed by atoms with van der Waals surface area (Å²) >= 11 is 0. The van der Waals surface area contributed by atoms with Crippen LogP contribution in [0, 0.1) is 0 Å². The summed E-state index contributed by atoms with van der Waals surface area (Å²) in [4.78, 5) is 14.5. The Bertz CT molecular complexity index is 570. The molecule has 0 saturated carbocycles. The second-order valence-electron chi connectivity index (χ2n) is 5.34. The number of hydrogen-bond acceptors (Lipinski definition) is 3. The highest BCUT2D eigenvalue weighted by molar-refractivity contribution is 5.86. The zero-order chi connectivity index (χ0) is 13.9. The third kappa shape index (κ3) is 3.39. The predicted octanol–water partition coefficient (Wildman–Crippen LogP) is 2.78. The normalized spacial score (nSPS) is 17.1. The highest BCUT2D eigenvalue weighted by Gasteiger charge is 2.25. The van der Waals surface area contributed by atoms with Crippen molar-refractivity contribution < 1.29 is 9.21 Å². The number of nitrogens with zero attached hydrogens (tertiary/aromatic N) is 1. The maximum atomic E-state index is 12.6. The molecule has 0 radical (unpaired) electrons. The number of para-hydroxylation sites is 1. The lowest BCUT2D eigenvalue weighted by molar-refractivity contribution is -0.132. The van der Waals surface area contributed by atoms with Crippen LogP contribution in [0.25, 0.3) is 11.0 Å². The first-order chi connectivity index (χ1) is 9.75. The Morgan fingerprint density at radius 1 is 1.29 bits per heavy atom. The van der Waals surface area contributed by atoms with Crippen molar-refractivity contribution in [3.05, 3.63) is 36.1 Å². The number of amides is 1. The molecule has 2 heterocycles. The number of rotatable bonds is 2. The second-order valence-corrected chi connectivity index (χ2v) is 5.34. The van der Waals surface area contributed by atoms with Gasteiger partial charge in [-0.25, -0.2) is 0 Å². The molecule has 1 N–H and O–H groups in total. The van der Waals surface area contributed by atoms with Crippen LogP contribution in [0.4, 0.5) is 0 Å². The molecule has 1 fully saturated rings. The molecule has 1 unspecified atom stereocenters. The van der Waals surface area contributed by atoms with Crippen LogP contribution >= 0.6 is 12.4 Å². The molecule has 1 aromatic heterocycles. The second kappa shape index (κ2) is 6.96. The molecule has 2 aromatic rings. The zero-order valence-corrected chi connectivity index (χ0v) is 13.0. The van der Waals surface area contributed by atoms with E-state index in [0.29, 0.717) is 0 Å². The van der Waals surface area contributed by atoms with Gasteiger partial charge in [0.25, 0.3) is 0 Å². The van der Waals surface area contributed by atoms with Crippen molar-refractivity contribution in [1.29, 1.82) is 0 Å². The first-order valence-electron chi connectivity index (χ1n) is 7.23. The van der Waals surface area contributed by atoms with Gasteiger partial charge in [0.05, 0.1) is 5.92 Å². The topological polar surface area (TPSA) is 45.5 Å². The molecule has 1 saturated heterocycles. The summed E-state index contributed by atoms with van der Waals surface area (Å²) in [6, 6.07) is 9.85. The van der Waals surface area contributed by atoms with Gasteiger partial charge in [-0.1, -0.05) is 18.2 Å². The Labute approximate surface area is 130 Å². The fourth-order valence-electron chi connectivity index (χ4n) is 2.68. The van der Waals surface area contributed by atoms with Crippen LogP contribution < -0.4 is 5.32 Å². The Kier molecular flexibility index (Phi) is 5.26. The number of hydrogen-bond donors (Lipinski definition) is 1. The molecule has 1 aliphatic heterocycles. The van der Waals surface area contributed by atoms with E-state index >= 15 is 0 Å².